The molecular weight excluding hydrogens is 366 g/mol. The first-order chi connectivity index (χ1) is 11.6. The van der Waals surface area contributed by atoms with E-state index >= 15 is 0 Å². The fourth-order valence-corrected chi connectivity index (χ4v) is 3.36. The number of nitrogens with zero attached hydrogens (tertiary/aromatic N) is 2. The number of amides is 1. The fraction of sp³-hybridized carbons (Fsp3) is 0.188. The van der Waals surface area contributed by atoms with Gasteiger partial charge in [-0.15, -0.1) is 21.5 Å². The molecule has 5 nitrogen and oxygen atoms in total. The third-order valence-electron chi connectivity index (χ3n) is 3.21. The highest BCUT2D eigenvalue weighted by molar-refractivity contribution is 7.99. The first kappa shape index (κ1) is 17.0. The van der Waals surface area contributed by atoms with Crippen LogP contribution < -0.4 is 5.32 Å². The third kappa shape index (κ3) is 4.37. The molecule has 1 aromatic carbocycles. The summed E-state index contributed by atoms with van der Waals surface area (Å²) in [6.45, 7) is 1.92. The standard InChI is InChI=1S/C16H14ClN3O2S2/c1-10(11-4-6-12(17)7-5-11)18-14(21)9-24-16-20-19-15(22-16)13-3-2-8-23-13/h2-8,10H,9H2,1H3,(H,18,21). The van der Waals surface area contributed by atoms with E-state index in [0.717, 1.165) is 10.4 Å². The fourth-order valence-electron chi connectivity index (χ4n) is 2.01. The van der Waals surface area contributed by atoms with Crippen molar-refractivity contribution in [3.05, 3.63) is 52.4 Å². The molecule has 3 aromatic rings. The second kappa shape index (κ2) is 7.83. The molecule has 1 unspecified atom stereocenters. The van der Waals surface area contributed by atoms with Gasteiger partial charge in [-0.1, -0.05) is 41.6 Å². The molecule has 0 aliphatic heterocycles. The molecule has 2 aromatic heterocycles. The Balaban J connectivity index is 1.51. The molecule has 0 aliphatic rings. The summed E-state index contributed by atoms with van der Waals surface area (Å²) in [4.78, 5) is 13.0. The molecule has 3 rings (SSSR count). The lowest BCUT2D eigenvalue weighted by Gasteiger charge is -2.13. The highest BCUT2D eigenvalue weighted by Gasteiger charge is 2.13. The molecule has 24 heavy (non-hydrogen) atoms. The Bertz CT molecular complexity index is 803. The zero-order valence-electron chi connectivity index (χ0n) is 12.7. The largest absolute Gasteiger partial charge is 0.410 e. The van der Waals surface area contributed by atoms with Crippen molar-refractivity contribution in [2.24, 2.45) is 0 Å². The Kier molecular flexibility index (Phi) is 5.55. The van der Waals surface area contributed by atoms with Crippen LogP contribution in [0.5, 0.6) is 0 Å². The average Bonchev–Trinajstić information content (AvgIpc) is 3.25. The number of rotatable bonds is 6. The summed E-state index contributed by atoms with van der Waals surface area (Å²) >= 11 is 8.61. The Labute approximate surface area is 152 Å². The van der Waals surface area contributed by atoms with Gasteiger partial charge in [0, 0.05) is 5.02 Å². The first-order valence-electron chi connectivity index (χ1n) is 7.17. The molecule has 0 aliphatic carbocycles. The van der Waals surface area contributed by atoms with Crippen molar-refractivity contribution in [1.29, 1.82) is 0 Å². The molecule has 124 valence electrons. The maximum Gasteiger partial charge on any atom is 0.277 e. The maximum absolute atomic E-state index is 12.1. The van der Waals surface area contributed by atoms with Gasteiger partial charge < -0.3 is 9.73 Å². The van der Waals surface area contributed by atoms with Gasteiger partial charge in [-0.05, 0) is 36.1 Å². The van der Waals surface area contributed by atoms with Gasteiger partial charge in [-0.3, -0.25) is 4.79 Å². The van der Waals surface area contributed by atoms with Crippen molar-refractivity contribution in [2.45, 2.75) is 18.2 Å². The van der Waals surface area contributed by atoms with Gasteiger partial charge in [0.2, 0.25) is 5.91 Å². The minimum Gasteiger partial charge on any atom is -0.410 e. The number of halogens is 1. The van der Waals surface area contributed by atoms with E-state index in [9.17, 15) is 4.79 Å². The van der Waals surface area contributed by atoms with Crippen LogP contribution in [0.2, 0.25) is 5.02 Å². The van der Waals surface area contributed by atoms with Gasteiger partial charge in [0.1, 0.15) is 0 Å². The smallest absolute Gasteiger partial charge is 0.277 e. The molecule has 8 heteroatoms. The van der Waals surface area contributed by atoms with E-state index in [2.05, 4.69) is 15.5 Å². The summed E-state index contributed by atoms with van der Waals surface area (Å²) in [5, 5.41) is 13.9. The van der Waals surface area contributed by atoms with Crippen LogP contribution in [-0.2, 0) is 4.79 Å². The molecule has 0 spiro atoms. The number of hydrogen-bond acceptors (Lipinski definition) is 6. The lowest BCUT2D eigenvalue weighted by Crippen LogP contribution is -2.28. The maximum atomic E-state index is 12.1. The highest BCUT2D eigenvalue weighted by atomic mass is 35.5. The van der Waals surface area contributed by atoms with Gasteiger partial charge in [0.05, 0.1) is 16.7 Å². The topological polar surface area (TPSA) is 68.0 Å². The summed E-state index contributed by atoms with van der Waals surface area (Å²) in [7, 11) is 0. The van der Waals surface area contributed by atoms with Gasteiger partial charge in [-0.25, -0.2) is 0 Å². The monoisotopic (exact) mass is 379 g/mol. The Hall–Kier alpha value is -1.83. The molecule has 0 radical (unpaired) electrons. The van der Waals surface area contributed by atoms with Crippen molar-refractivity contribution in [1.82, 2.24) is 15.5 Å². The van der Waals surface area contributed by atoms with Gasteiger partial charge in [0.15, 0.2) is 0 Å². The second-order valence-corrected chi connectivity index (χ2v) is 7.29. The normalized spacial score (nSPS) is 12.1. The van der Waals surface area contributed by atoms with Crippen LogP contribution in [0.1, 0.15) is 18.5 Å². The summed E-state index contributed by atoms with van der Waals surface area (Å²) < 4.78 is 5.54. The molecule has 2 heterocycles. The molecule has 0 saturated heterocycles. The molecule has 1 atom stereocenters. The number of hydrogen-bond donors (Lipinski definition) is 1. The minimum absolute atomic E-state index is 0.0975. The van der Waals surface area contributed by atoms with Crippen LogP contribution in [0.25, 0.3) is 10.8 Å². The quantitative estimate of drug-likeness (QED) is 0.642. The Morgan fingerprint density at radius 2 is 2.12 bits per heavy atom. The number of nitrogens with one attached hydrogen (secondary N) is 1. The van der Waals surface area contributed by atoms with E-state index in [1.54, 1.807) is 12.1 Å². The van der Waals surface area contributed by atoms with Gasteiger partial charge in [0.25, 0.3) is 11.1 Å². The lowest BCUT2D eigenvalue weighted by atomic mass is 10.1. The Morgan fingerprint density at radius 3 is 2.83 bits per heavy atom. The van der Waals surface area contributed by atoms with Crippen LogP contribution in [0.3, 0.4) is 0 Å². The minimum atomic E-state index is -0.0988. The summed E-state index contributed by atoms with van der Waals surface area (Å²) in [6.07, 6.45) is 0. The molecule has 0 saturated carbocycles. The number of carbonyl (C=O) groups excluding carboxylic acids is 1. The summed E-state index contributed by atoms with van der Waals surface area (Å²) in [5.41, 5.74) is 0.996. The van der Waals surface area contributed by atoms with E-state index in [4.69, 9.17) is 16.0 Å². The van der Waals surface area contributed by atoms with Crippen LogP contribution in [0.15, 0.2) is 51.4 Å². The van der Waals surface area contributed by atoms with Gasteiger partial charge in [-0.2, -0.15) is 0 Å². The van der Waals surface area contributed by atoms with Crippen LogP contribution >= 0.6 is 34.7 Å². The van der Waals surface area contributed by atoms with E-state index in [1.165, 1.54) is 23.1 Å². The van der Waals surface area contributed by atoms with E-state index in [-0.39, 0.29) is 17.7 Å². The summed E-state index contributed by atoms with van der Waals surface area (Å²) in [6, 6.07) is 11.1. The van der Waals surface area contributed by atoms with Crippen LogP contribution in [0, 0.1) is 0 Å². The second-order valence-electron chi connectivity index (χ2n) is 4.98. The lowest BCUT2D eigenvalue weighted by molar-refractivity contribution is -0.119. The van der Waals surface area contributed by atoms with Gasteiger partial charge >= 0.3 is 0 Å². The highest BCUT2D eigenvalue weighted by Crippen LogP contribution is 2.26. The predicted octanol–water partition coefficient (Wildman–Crippen LogP) is 4.42. The average molecular weight is 380 g/mol. The molecule has 0 bridgehead atoms. The molecule has 1 amide bonds. The zero-order valence-corrected chi connectivity index (χ0v) is 15.1. The van der Waals surface area contributed by atoms with Crippen molar-refractivity contribution in [3.8, 4) is 10.8 Å². The molecule has 0 fully saturated rings. The zero-order chi connectivity index (χ0) is 16.9. The number of thioether (sulfide) groups is 1. The number of aromatic nitrogens is 2. The Morgan fingerprint density at radius 1 is 1.33 bits per heavy atom. The van der Waals surface area contributed by atoms with Crippen molar-refractivity contribution >= 4 is 40.6 Å². The molecular formula is C16H14ClN3O2S2. The number of carbonyl (C=O) groups is 1. The van der Waals surface area contributed by atoms with E-state index < -0.39 is 0 Å². The van der Waals surface area contributed by atoms with Crippen LogP contribution in [0.4, 0.5) is 0 Å². The van der Waals surface area contributed by atoms with E-state index in [0.29, 0.717) is 16.1 Å². The SMILES string of the molecule is CC(NC(=O)CSc1nnc(-c2cccs2)o1)c1ccc(Cl)cc1. The number of benzene rings is 1. The summed E-state index contributed by atoms with van der Waals surface area (Å²) in [5.74, 6) is 0.588. The third-order valence-corrected chi connectivity index (χ3v) is 5.14. The van der Waals surface area contributed by atoms with Crippen molar-refractivity contribution in [2.75, 3.05) is 5.75 Å². The van der Waals surface area contributed by atoms with Crippen molar-refractivity contribution in [3.63, 3.8) is 0 Å². The van der Waals surface area contributed by atoms with Crippen molar-refractivity contribution < 1.29 is 9.21 Å². The molecule has 1 N–H and O–H groups in total. The van der Waals surface area contributed by atoms with Crippen LogP contribution in [-0.4, -0.2) is 21.9 Å². The first-order valence-corrected chi connectivity index (χ1v) is 9.41. The van der Waals surface area contributed by atoms with E-state index in [1.807, 2.05) is 36.6 Å². The predicted molar refractivity (Wildman–Crippen MR) is 96.3 cm³/mol. The number of thiophene rings is 1.